The Labute approximate surface area is 121 Å². The van der Waals surface area contributed by atoms with Crippen molar-refractivity contribution in [1.82, 2.24) is 10.2 Å². The Morgan fingerprint density at radius 1 is 1.25 bits per heavy atom. The molecule has 1 aliphatic rings. The predicted octanol–water partition coefficient (Wildman–Crippen LogP) is 1.64. The van der Waals surface area contributed by atoms with Crippen LogP contribution in [-0.2, 0) is 16.1 Å². The van der Waals surface area contributed by atoms with Crippen LogP contribution < -0.4 is 5.32 Å². The second kappa shape index (κ2) is 7.41. The summed E-state index contributed by atoms with van der Waals surface area (Å²) in [6.07, 6.45) is 0.560. The monoisotopic (exact) mass is 276 g/mol. The van der Waals surface area contributed by atoms with Gasteiger partial charge in [-0.3, -0.25) is 4.79 Å². The molecule has 1 amide bonds. The summed E-state index contributed by atoms with van der Waals surface area (Å²) in [6, 6.07) is 6.48. The number of carbonyl (C=O) groups excluding carboxylic acids is 1. The molecule has 1 heterocycles. The Hall–Kier alpha value is -1.39. The minimum atomic E-state index is 0.223. The van der Waals surface area contributed by atoms with Gasteiger partial charge in [0.05, 0.1) is 13.2 Å². The topological polar surface area (TPSA) is 41.6 Å². The summed E-state index contributed by atoms with van der Waals surface area (Å²) in [5.74, 6) is 0.223. The predicted molar refractivity (Wildman–Crippen MR) is 79.6 cm³/mol. The number of ether oxygens (including phenoxy) is 1. The van der Waals surface area contributed by atoms with Crippen molar-refractivity contribution < 1.29 is 9.53 Å². The van der Waals surface area contributed by atoms with E-state index in [9.17, 15) is 4.79 Å². The summed E-state index contributed by atoms with van der Waals surface area (Å²) in [7, 11) is 0. The zero-order valence-corrected chi connectivity index (χ0v) is 12.4. The van der Waals surface area contributed by atoms with Gasteiger partial charge in [0.15, 0.2) is 0 Å². The second-order valence-electron chi connectivity index (χ2n) is 5.34. The molecule has 2 rings (SSSR count). The van der Waals surface area contributed by atoms with E-state index >= 15 is 0 Å². The van der Waals surface area contributed by atoms with E-state index < -0.39 is 0 Å². The zero-order valence-electron chi connectivity index (χ0n) is 12.4. The molecule has 0 saturated carbocycles. The third-order valence-electron chi connectivity index (χ3n) is 3.78. The van der Waals surface area contributed by atoms with Gasteiger partial charge in [-0.25, -0.2) is 0 Å². The molecule has 1 aromatic carbocycles. The fraction of sp³-hybridized carbons (Fsp3) is 0.562. The molecule has 1 aromatic rings. The average Bonchev–Trinajstić information content (AvgIpc) is 2.48. The Kier molecular flexibility index (Phi) is 5.56. The van der Waals surface area contributed by atoms with Gasteiger partial charge >= 0.3 is 0 Å². The summed E-state index contributed by atoms with van der Waals surface area (Å²) in [6.45, 7) is 8.59. The van der Waals surface area contributed by atoms with Crippen LogP contribution in [0.1, 0.15) is 23.1 Å². The number of aryl methyl sites for hydroxylation is 2. The van der Waals surface area contributed by atoms with Crippen molar-refractivity contribution in [1.29, 1.82) is 0 Å². The maximum absolute atomic E-state index is 11.9. The van der Waals surface area contributed by atoms with E-state index in [0.717, 1.165) is 26.2 Å². The number of nitrogens with zero attached hydrogens (tertiary/aromatic N) is 1. The Bertz CT molecular complexity index is 454. The first kappa shape index (κ1) is 15.0. The molecule has 1 aliphatic heterocycles. The molecule has 1 saturated heterocycles. The number of rotatable bonds is 5. The molecule has 1 fully saturated rings. The number of hydrogen-bond acceptors (Lipinski definition) is 3. The lowest BCUT2D eigenvalue weighted by Gasteiger charge is -2.26. The van der Waals surface area contributed by atoms with Crippen molar-refractivity contribution in [2.75, 3.05) is 32.8 Å². The van der Waals surface area contributed by atoms with E-state index in [4.69, 9.17) is 4.74 Å². The van der Waals surface area contributed by atoms with Gasteiger partial charge in [-0.05, 0) is 30.5 Å². The van der Waals surface area contributed by atoms with E-state index in [1.165, 1.54) is 16.7 Å². The van der Waals surface area contributed by atoms with Crippen LogP contribution in [0.4, 0.5) is 0 Å². The van der Waals surface area contributed by atoms with Crippen molar-refractivity contribution in [3.8, 4) is 0 Å². The molecule has 0 unspecified atom stereocenters. The summed E-state index contributed by atoms with van der Waals surface area (Å²) in [4.78, 5) is 13.8. The first-order valence-electron chi connectivity index (χ1n) is 7.29. The van der Waals surface area contributed by atoms with Crippen LogP contribution in [0.3, 0.4) is 0 Å². The second-order valence-corrected chi connectivity index (χ2v) is 5.34. The van der Waals surface area contributed by atoms with Crippen molar-refractivity contribution in [3.05, 3.63) is 34.9 Å². The van der Waals surface area contributed by atoms with Crippen LogP contribution in [0.25, 0.3) is 0 Å². The maximum Gasteiger partial charge on any atom is 0.224 e. The van der Waals surface area contributed by atoms with Crippen LogP contribution in [0.5, 0.6) is 0 Å². The number of benzene rings is 1. The zero-order chi connectivity index (χ0) is 14.4. The van der Waals surface area contributed by atoms with E-state index in [-0.39, 0.29) is 5.91 Å². The summed E-state index contributed by atoms with van der Waals surface area (Å²) < 4.78 is 5.24. The summed E-state index contributed by atoms with van der Waals surface area (Å²) >= 11 is 0. The average molecular weight is 276 g/mol. The van der Waals surface area contributed by atoms with Crippen LogP contribution in [0.15, 0.2) is 18.2 Å². The molecule has 0 atom stereocenters. The number of carbonyl (C=O) groups is 1. The molecule has 4 heteroatoms. The van der Waals surface area contributed by atoms with Crippen molar-refractivity contribution >= 4 is 5.91 Å². The minimum absolute atomic E-state index is 0.223. The normalized spacial score (nSPS) is 15.4. The highest BCUT2D eigenvalue weighted by molar-refractivity contribution is 5.76. The highest BCUT2D eigenvalue weighted by Crippen LogP contribution is 2.09. The smallest absolute Gasteiger partial charge is 0.224 e. The van der Waals surface area contributed by atoms with Gasteiger partial charge < -0.3 is 15.0 Å². The first-order valence-corrected chi connectivity index (χ1v) is 7.29. The van der Waals surface area contributed by atoms with Crippen molar-refractivity contribution in [2.24, 2.45) is 0 Å². The lowest BCUT2D eigenvalue weighted by atomic mass is 10.1. The van der Waals surface area contributed by atoms with Gasteiger partial charge in [0.25, 0.3) is 0 Å². The van der Waals surface area contributed by atoms with E-state index in [1.54, 1.807) is 0 Å². The Balaban J connectivity index is 1.68. The van der Waals surface area contributed by atoms with Crippen LogP contribution >= 0.6 is 0 Å². The third-order valence-corrected chi connectivity index (χ3v) is 3.78. The SMILES string of the molecule is Cc1ccc(CNCCC(=O)N2CCOCC2)cc1C. The molecule has 0 bridgehead atoms. The fourth-order valence-electron chi connectivity index (χ4n) is 2.31. The van der Waals surface area contributed by atoms with E-state index in [1.807, 2.05) is 4.90 Å². The maximum atomic E-state index is 11.9. The molecular formula is C16H24N2O2. The summed E-state index contributed by atoms with van der Waals surface area (Å²) in [5.41, 5.74) is 3.90. The molecule has 0 spiro atoms. The number of amides is 1. The number of hydrogen-bond donors (Lipinski definition) is 1. The van der Waals surface area contributed by atoms with Gasteiger partial charge in [-0.15, -0.1) is 0 Å². The molecule has 0 aromatic heterocycles. The highest BCUT2D eigenvalue weighted by Gasteiger charge is 2.15. The van der Waals surface area contributed by atoms with Gasteiger partial charge in [-0.1, -0.05) is 18.2 Å². The Morgan fingerprint density at radius 3 is 2.70 bits per heavy atom. The van der Waals surface area contributed by atoms with Gasteiger partial charge in [-0.2, -0.15) is 0 Å². The van der Waals surface area contributed by atoms with E-state index in [2.05, 4.69) is 37.4 Å². The number of morpholine rings is 1. The standard InChI is InChI=1S/C16H24N2O2/c1-13-3-4-15(11-14(13)2)12-17-6-5-16(19)18-7-9-20-10-8-18/h3-4,11,17H,5-10,12H2,1-2H3. The highest BCUT2D eigenvalue weighted by atomic mass is 16.5. The van der Waals surface area contributed by atoms with Crippen molar-refractivity contribution in [3.63, 3.8) is 0 Å². The quantitative estimate of drug-likeness (QED) is 0.831. The van der Waals surface area contributed by atoms with Crippen molar-refractivity contribution in [2.45, 2.75) is 26.8 Å². The first-order chi connectivity index (χ1) is 9.66. The fourth-order valence-corrected chi connectivity index (χ4v) is 2.31. The molecular weight excluding hydrogens is 252 g/mol. The van der Waals surface area contributed by atoms with Crippen LogP contribution in [0, 0.1) is 13.8 Å². The third kappa shape index (κ3) is 4.32. The molecule has 4 nitrogen and oxygen atoms in total. The van der Waals surface area contributed by atoms with Crippen LogP contribution in [0.2, 0.25) is 0 Å². The molecule has 110 valence electrons. The van der Waals surface area contributed by atoms with Gasteiger partial charge in [0, 0.05) is 32.6 Å². The molecule has 0 aliphatic carbocycles. The largest absolute Gasteiger partial charge is 0.378 e. The minimum Gasteiger partial charge on any atom is -0.378 e. The number of nitrogens with one attached hydrogen (secondary N) is 1. The molecule has 20 heavy (non-hydrogen) atoms. The lowest BCUT2D eigenvalue weighted by Crippen LogP contribution is -2.41. The van der Waals surface area contributed by atoms with Gasteiger partial charge in [0.2, 0.25) is 5.91 Å². The Morgan fingerprint density at radius 2 is 2.00 bits per heavy atom. The molecule has 1 N–H and O–H groups in total. The van der Waals surface area contributed by atoms with E-state index in [0.29, 0.717) is 19.6 Å². The molecule has 0 radical (unpaired) electrons. The lowest BCUT2D eigenvalue weighted by molar-refractivity contribution is -0.135. The van der Waals surface area contributed by atoms with Gasteiger partial charge in [0.1, 0.15) is 0 Å². The summed E-state index contributed by atoms with van der Waals surface area (Å²) in [5, 5.41) is 3.34. The van der Waals surface area contributed by atoms with Crippen LogP contribution in [-0.4, -0.2) is 43.7 Å².